The van der Waals surface area contributed by atoms with Crippen LogP contribution in [-0.4, -0.2) is 32.7 Å². The predicted octanol–water partition coefficient (Wildman–Crippen LogP) is 2.90. The number of nitrogens with one attached hydrogen (secondary N) is 1. The lowest BCUT2D eigenvalue weighted by atomic mass is 10.1. The molecule has 0 aliphatic heterocycles. The normalized spacial score (nSPS) is 11.0. The van der Waals surface area contributed by atoms with E-state index in [4.69, 9.17) is 4.74 Å². The molecule has 27 heavy (non-hydrogen) atoms. The van der Waals surface area contributed by atoms with Crippen LogP contribution in [0.25, 0.3) is 0 Å². The Morgan fingerprint density at radius 3 is 2.22 bits per heavy atom. The van der Waals surface area contributed by atoms with E-state index >= 15 is 0 Å². The van der Waals surface area contributed by atoms with Gasteiger partial charge >= 0.3 is 5.97 Å². The Morgan fingerprint density at radius 1 is 1.00 bits per heavy atom. The molecule has 0 atom stereocenters. The van der Waals surface area contributed by atoms with E-state index in [0.29, 0.717) is 5.69 Å². The molecule has 0 bridgehead atoms. The molecule has 0 aliphatic carbocycles. The number of hydrogen-bond donors (Lipinski definition) is 1. The fraction of sp³-hybridized carbons (Fsp3) is 0.300. The van der Waals surface area contributed by atoms with Gasteiger partial charge in [-0.3, -0.25) is 9.59 Å². The number of amides is 1. The molecule has 2 rings (SSSR count). The van der Waals surface area contributed by atoms with Crippen molar-refractivity contribution in [2.45, 2.75) is 31.6 Å². The fourth-order valence-corrected chi connectivity index (χ4v) is 3.54. The van der Waals surface area contributed by atoms with Crippen molar-refractivity contribution in [3.05, 3.63) is 59.7 Å². The molecule has 6 nitrogen and oxygen atoms in total. The third kappa shape index (κ3) is 6.53. The van der Waals surface area contributed by atoms with Gasteiger partial charge in [-0.15, -0.1) is 0 Å². The van der Waals surface area contributed by atoms with Crippen molar-refractivity contribution in [3.63, 3.8) is 0 Å². The van der Waals surface area contributed by atoms with Crippen molar-refractivity contribution in [1.82, 2.24) is 0 Å². The summed E-state index contributed by atoms with van der Waals surface area (Å²) in [5.74, 6) is -1.58. The molecule has 0 heterocycles. The van der Waals surface area contributed by atoms with E-state index in [1.54, 1.807) is 24.3 Å². The number of esters is 1. The lowest BCUT2D eigenvalue weighted by Gasteiger charge is -2.08. The summed E-state index contributed by atoms with van der Waals surface area (Å²) >= 11 is 0. The molecule has 1 amide bonds. The molecule has 7 heteroatoms. The van der Waals surface area contributed by atoms with Crippen LogP contribution in [0, 0.1) is 6.92 Å². The van der Waals surface area contributed by atoms with Crippen molar-refractivity contribution >= 4 is 27.4 Å². The van der Waals surface area contributed by atoms with Gasteiger partial charge in [0.05, 0.1) is 17.1 Å². The molecule has 0 radical (unpaired) electrons. The third-order valence-electron chi connectivity index (χ3n) is 3.97. The number of ether oxygens (including phenoxy) is 1. The Morgan fingerprint density at radius 2 is 1.63 bits per heavy atom. The number of carbonyl (C=O) groups excluding carboxylic acids is 2. The first kappa shape index (κ1) is 20.6. The van der Waals surface area contributed by atoms with Crippen molar-refractivity contribution in [3.8, 4) is 0 Å². The van der Waals surface area contributed by atoms with Gasteiger partial charge in [-0.05, 0) is 43.2 Å². The molecule has 1 N–H and O–H groups in total. The van der Waals surface area contributed by atoms with Gasteiger partial charge in [-0.1, -0.05) is 36.8 Å². The van der Waals surface area contributed by atoms with Crippen LogP contribution in [0.3, 0.4) is 0 Å². The van der Waals surface area contributed by atoms with Crippen LogP contribution in [0.15, 0.2) is 53.4 Å². The summed E-state index contributed by atoms with van der Waals surface area (Å²) in [5, 5.41) is 2.62. The Hall–Kier alpha value is -2.67. The molecule has 144 valence electrons. The second kappa shape index (κ2) is 9.32. The number of benzene rings is 2. The molecule has 0 aromatic heterocycles. The molecule has 2 aromatic carbocycles. The van der Waals surface area contributed by atoms with Crippen LogP contribution in [0.5, 0.6) is 0 Å². The summed E-state index contributed by atoms with van der Waals surface area (Å²) in [4.78, 5) is 23.7. The monoisotopic (exact) mass is 389 g/mol. The van der Waals surface area contributed by atoms with E-state index in [-0.39, 0.29) is 17.1 Å². The van der Waals surface area contributed by atoms with Crippen molar-refractivity contribution in [2.75, 3.05) is 17.7 Å². The standard InChI is InChI=1S/C20H23NO5S/c1-3-16-6-8-17(9-7-16)21-19(22)14-26-20(23)12-13-27(24,25)18-10-4-15(2)5-11-18/h4-11H,3,12-14H2,1-2H3,(H,21,22). The second-order valence-corrected chi connectivity index (χ2v) is 8.25. The Bertz CT molecular complexity index is 887. The SMILES string of the molecule is CCc1ccc(NC(=O)COC(=O)CCS(=O)(=O)c2ccc(C)cc2)cc1. The van der Waals surface area contributed by atoms with Crippen LogP contribution in [0.4, 0.5) is 5.69 Å². The van der Waals surface area contributed by atoms with Gasteiger partial charge in [0.25, 0.3) is 5.91 Å². The van der Waals surface area contributed by atoms with Crippen LogP contribution in [-0.2, 0) is 30.6 Å². The van der Waals surface area contributed by atoms with Crippen molar-refractivity contribution < 1.29 is 22.7 Å². The zero-order chi connectivity index (χ0) is 19.9. The van der Waals surface area contributed by atoms with Gasteiger partial charge in [-0.25, -0.2) is 8.42 Å². The van der Waals surface area contributed by atoms with Crippen LogP contribution in [0.1, 0.15) is 24.5 Å². The molecular weight excluding hydrogens is 366 g/mol. The molecule has 0 fully saturated rings. The van der Waals surface area contributed by atoms with Gasteiger partial charge in [0, 0.05) is 5.69 Å². The zero-order valence-corrected chi connectivity index (χ0v) is 16.2. The number of aryl methyl sites for hydroxylation is 2. The molecule has 0 spiro atoms. The van der Waals surface area contributed by atoms with Crippen LogP contribution < -0.4 is 5.32 Å². The highest BCUT2D eigenvalue weighted by Crippen LogP contribution is 2.13. The van der Waals surface area contributed by atoms with Gasteiger partial charge in [0.15, 0.2) is 16.4 Å². The second-order valence-electron chi connectivity index (χ2n) is 6.14. The van der Waals surface area contributed by atoms with E-state index in [9.17, 15) is 18.0 Å². The fourth-order valence-electron chi connectivity index (χ4n) is 2.32. The average molecular weight is 389 g/mol. The van der Waals surface area contributed by atoms with E-state index < -0.39 is 28.3 Å². The lowest BCUT2D eigenvalue weighted by Crippen LogP contribution is -2.22. The first-order valence-corrected chi connectivity index (χ1v) is 10.3. The highest BCUT2D eigenvalue weighted by molar-refractivity contribution is 7.91. The van der Waals surface area contributed by atoms with Gasteiger partial charge < -0.3 is 10.1 Å². The maximum atomic E-state index is 12.2. The smallest absolute Gasteiger partial charge is 0.307 e. The zero-order valence-electron chi connectivity index (χ0n) is 15.4. The average Bonchev–Trinajstić information content (AvgIpc) is 2.66. The van der Waals surface area contributed by atoms with Crippen LogP contribution >= 0.6 is 0 Å². The molecule has 0 saturated heterocycles. The van der Waals surface area contributed by atoms with Gasteiger partial charge in [-0.2, -0.15) is 0 Å². The third-order valence-corrected chi connectivity index (χ3v) is 5.70. The van der Waals surface area contributed by atoms with Gasteiger partial charge in [0.1, 0.15) is 0 Å². The maximum Gasteiger partial charge on any atom is 0.307 e. The summed E-state index contributed by atoms with van der Waals surface area (Å²) in [5.41, 5.74) is 2.70. The highest BCUT2D eigenvalue weighted by Gasteiger charge is 2.17. The first-order chi connectivity index (χ1) is 12.8. The van der Waals surface area contributed by atoms with Gasteiger partial charge in [0.2, 0.25) is 0 Å². The minimum Gasteiger partial charge on any atom is -0.456 e. The molecule has 0 aliphatic rings. The topological polar surface area (TPSA) is 89.5 Å². The largest absolute Gasteiger partial charge is 0.456 e. The summed E-state index contributed by atoms with van der Waals surface area (Å²) in [7, 11) is -3.57. The Kier molecular flexibility index (Phi) is 7.12. The molecule has 2 aromatic rings. The minimum atomic E-state index is -3.57. The lowest BCUT2D eigenvalue weighted by molar-refractivity contribution is -0.146. The van der Waals surface area contributed by atoms with E-state index in [0.717, 1.165) is 17.5 Å². The number of hydrogen-bond acceptors (Lipinski definition) is 5. The van der Waals surface area contributed by atoms with Crippen LogP contribution in [0.2, 0.25) is 0 Å². The quantitative estimate of drug-likeness (QED) is 0.701. The number of rotatable bonds is 8. The maximum absolute atomic E-state index is 12.2. The summed E-state index contributed by atoms with van der Waals surface area (Å²) < 4.78 is 29.2. The van der Waals surface area contributed by atoms with E-state index in [2.05, 4.69) is 5.32 Å². The van der Waals surface area contributed by atoms with Crippen molar-refractivity contribution in [2.24, 2.45) is 0 Å². The highest BCUT2D eigenvalue weighted by atomic mass is 32.2. The van der Waals surface area contributed by atoms with E-state index in [1.807, 2.05) is 26.0 Å². The summed E-state index contributed by atoms with van der Waals surface area (Å²) in [6.45, 7) is 3.43. The molecular formula is C20H23NO5S. The molecule has 0 unspecified atom stereocenters. The van der Waals surface area contributed by atoms with Crippen molar-refractivity contribution in [1.29, 1.82) is 0 Å². The Balaban J connectivity index is 1.78. The minimum absolute atomic E-state index is 0.161. The number of sulfone groups is 1. The summed E-state index contributed by atoms with van der Waals surface area (Å²) in [6, 6.07) is 13.8. The first-order valence-electron chi connectivity index (χ1n) is 8.64. The Labute approximate surface area is 159 Å². The number of carbonyl (C=O) groups is 2. The number of anilines is 1. The van der Waals surface area contributed by atoms with E-state index in [1.165, 1.54) is 12.1 Å². The predicted molar refractivity (Wildman–Crippen MR) is 103 cm³/mol. The summed E-state index contributed by atoms with van der Waals surface area (Å²) in [6.07, 6.45) is 0.589. The molecule has 0 saturated carbocycles.